The number of amides is 1. The number of hydrogen-bond donors (Lipinski definition) is 2. The molecule has 0 bridgehead atoms. The van der Waals surface area contributed by atoms with Crippen molar-refractivity contribution in [2.24, 2.45) is 5.92 Å². The number of carbonyl (C=O) groups is 1. The Morgan fingerprint density at radius 2 is 2.17 bits per heavy atom. The lowest BCUT2D eigenvalue weighted by atomic mass is 10.2. The van der Waals surface area contributed by atoms with E-state index in [1.807, 2.05) is 0 Å². The van der Waals surface area contributed by atoms with Gasteiger partial charge in [0.05, 0.1) is 12.7 Å². The highest BCUT2D eigenvalue weighted by molar-refractivity contribution is 6.29. The largest absolute Gasteiger partial charge is 0.389 e. The van der Waals surface area contributed by atoms with E-state index in [0.29, 0.717) is 23.2 Å². The number of ether oxygens (including phenoxy) is 1. The van der Waals surface area contributed by atoms with Crippen molar-refractivity contribution >= 4 is 23.3 Å². The number of pyridine rings is 1. The Labute approximate surface area is 147 Å². The van der Waals surface area contributed by atoms with Crippen LogP contribution < -0.4 is 10.2 Å². The molecule has 132 valence electrons. The van der Waals surface area contributed by atoms with Crippen LogP contribution >= 0.6 is 11.6 Å². The number of hydrogen-bond acceptors (Lipinski definition) is 5. The summed E-state index contributed by atoms with van der Waals surface area (Å²) in [5.41, 5.74) is 0.461. The predicted molar refractivity (Wildman–Crippen MR) is 92.6 cm³/mol. The molecular weight excluding hydrogens is 330 g/mol. The molecule has 1 aliphatic heterocycles. The van der Waals surface area contributed by atoms with Crippen molar-refractivity contribution in [3.05, 3.63) is 22.8 Å². The van der Waals surface area contributed by atoms with Crippen LogP contribution in [0.15, 0.2) is 12.1 Å². The number of aromatic nitrogens is 1. The molecule has 1 atom stereocenters. The minimum absolute atomic E-state index is 0.155. The third kappa shape index (κ3) is 5.06. The third-order valence-corrected chi connectivity index (χ3v) is 4.53. The second kappa shape index (κ2) is 8.14. The van der Waals surface area contributed by atoms with Crippen LogP contribution in [0.1, 0.15) is 36.0 Å². The van der Waals surface area contributed by atoms with Gasteiger partial charge in [-0.1, -0.05) is 11.6 Å². The van der Waals surface area contributed by atoms with Crippen LogP contribution in [0.25, 0.3) is 0 Å². The molecular formula is C17H24ClN3O3. The van der Waals surface area contributed by atoms with Crippen molar-refractivity contribution in [3.63, 3.8) is 0 Å². The second-order valence-electron chi connectivity index (χ2n) is 6.58. The zero-order valence-corrected chi connectivity index (χ0v) is 14.5. The van der Waals surface area contributed by atoms with E-state index in [1.54, 1.807) is 12.1 Å². The monoisotopic (exact) mass is 353 g/mol. The van der Waals surface area contributed by atoms with Crippen LogP contribution in [0.2, 0.25) is 5.15 Å². The summed E-state index contributed by atoms with van der Waals surface area (Å²) >= 11 is 6.05. The Balaban J connectivity index is 1.49. The van der Waals surface area contributed by atoms with Gasteiger partial charge in [0, 0.05) is 31.8 Å². The Bertz CT molecular complexity index is 574. The molecule has 1 aromatic heterocycles. The zero-order chi connectivity index (χ0) is 16.9. The van der Waals surface area contributed by atoms with Gasteiger partial charge in [0.25, 0.3) is 5.91 Å². The lowest BCUT2D eigenvalue weighted by molar-refractivity contribution is 0.0320. The highest BCUT2D eigenvalue weighted by Crippen LogP contribution is 2.28. The molecule has 2 N–H and O–H groups in total. The van der Waals surface area contributed by atoms with Gasteiger partial charge in [0.2, 0.25) is 0 Å². The molecule has 7 heteroatoms. The second-order valence-corrected chi connectivity index (χ2v) is 6.96. The third-order valence-electron chi connectivity index (χ3n) is 4.33. The normalized spacial score (nSPS) is 18.7. The molecule has 24 heavy (non-hydrogen) atoms. The predicted octanol–water partition coefficient (Wildman–Crippen LogP) is 1.85. The van der Waals surface area contributed by atoms with Gasteiger partial charge in [0.1, 0.15) is 11.0 Å². The Kier molecular flexibility index (Phi) is 5.92. The topological polar surface area (TPSA) is 74.7 Å². The number of rotatable bonds is 8. The molecule has 6 nitrogen and oxygen atoms in total. The number of aliphatic hydroxyl groups is 1. The fourth-order valence-corrected chi connectivity index (χ4v) is 2.95. The van der Waals surface area contributed by atoms with E-state index in [2.05, 4.69) is 15.2 Å². The smallest absolute Gasteiger partial charge is 0.251 e. The average Bonchev–Trinajstić information content (AvgIpc) is 3.22. The van der Waals surface area contributed by atoms with E-state index in [4.69, 9.17) is 16.3 Å². The lowest BCUT2D eigenvalue weighted by Gasteiger charge is -2.17. The molecule has 2 fully saturated rings. The molecule has 0 spiro atoms. The number of nitrogens with one attached hydrogen (secondary N) is 1. The van der Waals surface area contributed by atoms with Crippen molar-refractivity contribution < 1.29 is 14.6 Å². The lowest BCUT2D eigenvalue weighted by Crippen LogP contribution is -2.35. The van der Waals surface area contributed by atoms with Crippen molar-refractivity contribution in [1.29, 1.82) is 0 Å². The minimum atomic E-state index is -0.705. The van der Waals surface area contributed by atoms with Gasteiger partial charge in [-0.15, -0.1) is 0 Å². The molecule has 1 amide bonds. The summed E-state index contributed by atoms with van der Waals surface area (Å²) < 4.78 is 5.42. The first-order chi connectivity index (χ1) is 11.6. The van der Waals surface area contributed by atoms with Gasteiger partial charge in [0.15, 0.2) is 0 Å². The van der Waals surface area contributed by atoms with Crippen LogP contribution in [0, 0.1) is 5.92 Å². The van der Waals surface area contributed by atoms with Gasteiger partial charge < -0.3 is 20.1 Å². The molecule has 0 unspecified atom stereocenters. The van der Waals surface area contributed by atoms with Crippen LogP contribution in [0.4, 0.5) is 5.82 Å². The highest BCUT2D eigenvalue weighted by atomic mass is 35.5. The average molecular weight is 354 g/mol. The van der Waals surface area contributed by atoms with Crippen LogP contribution in [0.3, 0.4) is 0 Å². The van der Waals surface area contributed by atoms with Crippen LogP contribution in [-0.4, -0.2) is 54.9 Å². The van der Waals surface area contributed by atoms with Crippen molar-refractivity contribution in [2.45, 2.75) is 31.8 Å². The fraction of sp³-hybridized carbons (Fsp3) is 0.647. The van der Waals surface area contributed by atoms with Crippen LogP contribution in [0.5, 0.6) is 0 Å². The van der Waals surface area contributed by atoms with Gasteiger partial charge in [-0.2, -0.15) is 0 Å². The number of aliphatic hydroxyl groups excluding tert-OH is 1. The summed E-state index contributed by atoms with van der Waals surface area (Å²) in [6.07, 6.45) is 3.98. The summed E-state index contributed by atoms with van der Waals surface area (Å²) in [4.78, 5) is 18.7. The Morgan fingerprint density at radius 1 is 1.42 bits per heavy atom. The number of anilines is 1. The fourth-order valence-electron chi connectivity index (χ4n) is 2.75. The summed E-state index contributed by atoms with van der Waals surface area (Å²) in [6, 6.07) is 3.30. The maximum absolute atomic E-state index is 12.3. The quantitative estimate of drug-likeness (QED) is 0.698. The first kappa shape index (κ1) is 17.5. The van der Waals surface area contributed by atoms with E-state index in [-0.39, 0.29) is 19.1 Å². The molecule has 3 rings (SSSR count). The van der Waals surface area contributed by atoms with Crippen molar-refractivity contribution in [3.8, 4) is 0 Å². The molecule has 2 heterocycles. The number of carbonyl (C=O) groups excluding carboxylic acids is 1. The van der Waals surface area contributed by atoms with E-state index in [1.165, 1.54) is 12.8 Å². The molecule has 1 saturated heterocycles. The number of halogens is 1. The van der Waals surface area contributed by atoms with Gasteiger partial charge in [-0.05, 0) is 43.7 Å². The molecule has 0 aromatic carbocycles. The Hall–Kier alpha value is -1.37. The van der Waals surface area contributed by atoms with E-state index in [9.17, 15) is 9.90 Å². The van der Waals surface area contributed by atoms with E-state index >= 15 is 0 Å². The maximum atomic E-state index is 12.3. The van der Waals surface area contributed by atoms with E-state index in [0.717, 1.165) is 31.7 Å². The maximum Gasteiger partial charge on any atom is 0.251 e. The summed E-state index contributed by atoms with van der Waals surface area (Å²) in [6.45, 7) is 2.97. The van der Waals surface area contributed by atoms with Gasteiger partial charge >= 0.3 is 0 Å². The standard InChI is InChI=1S/C17H24ClN3O3/c18-15-7-13(8-16(20-15)21-5-1-2-6-21)17(23)19-9-14(22)11-24-10-12-3-4-12/h7-8,12,14,22H,1-6,9-11H2,(H,19,23)/t14-/m0/s1. The summed E-state index contributed by atoms with van der Waals surface area (Å²) in [5.74, 6) is 1.13. The van der Waals surface area contributed by atoms with E-state index < -0.39 is 6.10 Å². The minimum Gasteiger partial charge on any atom is -0.389 e. The van der Waals surface area contributed by atoms with Gasteiger partial charge in [-0.3, -0.25) is 4.79 Å². The van der Waals surface area contributed by atoms with Crippen molar-refractivity contribution in [1.82, 2.24) is 10.3 Å². The summed E-state index contributed by atoms with van der Waals surface area (Å²) in [7, 11) is 0. The first-order valence-electron chi connectivity index (χ1n) is 8.58. The van der Waals surface area contributed by atoms with Gasteiger partial charge in [-0.25, -0.2) is 4.98 Å². The molecule has 1 saturated carbocycles. The molecule has 0 radical (unpaired) electrons. The molecule has 2 aliphatic rings. The highest BCUT2D eigenvalue weighted by Gasteiger charge is 2.22. The molecule has 1 aromatic rings. The number of nitrogens with zero attached hydrogens (tertiary/aromatic N) is 2. The SMILES string of the molecule is O=C(NC[C@H](O)COCC1CC1)c1cc(Cl)nc(N2CCCC2)c1. The first-order valence-corrected chi connectivity index (χ1v) is 8.96. The van der Waals surface area contributed by atoms with Crippen molar-refractivity contribution in [2.75, 3.05) is 37.7 Å². The van der Waals surface area contributed by atoms with Crippen LogP contribution in [-0.2, 0) is 4.74 Å². The summed E-state index contributed by atoms with van der Waals surface area (Å²) in [5, 5.41) is 12.9. The zero-order valence-electron chi connectivity index (χ0n) is 13.7. The Morgan fingerprint density at radius 3 is 2.88 bits per heavy atom. The molecule has 1 aliphatic carbocycles.